The predicted octanol–water partition coefficient (Wildman–Crippen LogP) is -0.0167. The summed E-state index contributed by atoms with van der Waals surface area (Å²) < 4.78 is 29.0. The summed E-state index contributed by atoms with van der Waals surface area (Å²) in [4.78, 5) is 12.9. The van der Waals surface area contributed by atoms with Gasteiger partial charge in [0.05, 0.1) is 12.2 Å². The maximum absolute atomic E-state index is 11.3. The summed E-state index contributed by atoms with van der Waals surface area (Å²) in [5.41, 5.74) is 0.631. The molecule has 1 rings (SSSR count). The van der Waals surface area contributed by atoms with E-state index in [9.17, 15) is 13.2 Å². The second-order valence-electron chi connectivity index (χ2n) is 3.02. The highest BCUT2D eigenvalue weighted by molar-refractivity contribution is 7.90. The van der Waals surface area contributed by atoms with E-state index in [-0.39, 0.29) is 12.3 Å². The van der Waals surface area contributed by atoms with Crippen molar-refractivity contribution in [3.8, 4) is 0 Å². The topological polar surface area (TPSA) is 111 Å². The molecule has 4 N–H and O–H groups in total. The Morgan fingerprint density at radius 1 is 1.35 bits per heavy atom. The van der Waals surface area contributed by atoms with Gasteiger partial charge in [0.2, 0.25) is 0 Å². The molecule has 1 aromatic rings. The van der Waals surface area contributed by atoms with Gasteiger partial charge in [0.15, 0.2) is 0 Å². The molecule has 0 atom stereocenters. The van der Waals surface area contributed by atoms with Crippen LogP contribution in [0.4, 0.5) is 5.69 Å². The number of ether oxygens (including phenoxy) is 1. The van der Waals surface area contributed by atoms with Crippen molar-refractivity contribution in [3.63, 3.8) is 0 Å². The van der Waals surface area contributed by atoms with Gasteiger partial charge in [0.25, 0.3) is 0 Å². The lowest BCUT2D eigenvalue weighted by molar-refractivity contribution is 0.0526. The predicted molar refractivity (Wildman–Crippen MR) is 62.3 cm³/mol. The highest BCUT2D eigenvalue weighted by Gasteiger charge is 2.09. The maximum Gasteiger partial charge on any atom is 0.338 e. The minimum atomic E-state index is -3.75. The second-order valence-corrected chi connectivity index (χ2v) is 4.47. The van der Waals surface area contributed by atoms with Gasteiger partial charge in [-0.25, -0.2) is 4.79 Å². The van der Waals surface area contributed by atoms with E-state index in [2.05, 4.69) is 4.72 Å². The van der Waals surface area contributed by atoms with Crippen molar-refractivity contribution in [1.82, 2.24) is 4.83 Å². The molecule has 0 saturated heterocycles. The van der Waals surface area contributed by atoms with Crippen LogP contribution in [0, 0.1) is 0 Å². The maximum atomic E-state index is 11.3. The summed E-state index contributed by atoms with van der Waals surface area (Å²) in [5.74, 6) is 4.34. The molecule has 17 heavy (non-hydrogen) atoms. The van der Waals surface area contributed by atoms with Crippen LogP contribution in [-0.2, 0) is 14.9 Å². The third-order valence-corrected chi connectivity index (χ3v) is 2.62. The number of benzene rings is 1. The molecule has 0 aliphatic heterocycles. The zero-order chi connectivity index (χ0) is 12.9. The van der Waals surface area contributed by atoms with E-state index < -0.39 is 16.2 Å². The smallest absolute Gasteiger partial charge is 0.338 e. The molecule has 0 heterocycles. The Hall–Kier alpha value is -1.64. The number of anilines is 1. The fourth-order valence-electron chi connectivity index (χ4n) is 1.07. The van der Waals surface area contributed by atoms with Gasteiger partial charge in [-0.05, 0) is 31.2 Å². The van der Waals surface area contributed by atoms with Gasteiger partial charge >= 0.3 is 16.2 Å². The molecule has 0 aromatic heterocycles. The summed E-state index contributed by atoms with van der Waals surface area (Å²) >= 11 is 0. The van der Waals surface area contributed by atoms with E-state index >= 15 is 0 Å². The third kappa shape index (κ3) is 4.02. The Morgan fingerprint density at radius 2 is 1.94 bits per heavy atom. The van der Waals surface area contributed by atoms with Crippen molar-refractivity contribution in [3.05, 3.63) is 29.8 Å². The largest absolute Gasteiger partial charge is 0.462 e. The number of hydrogen-bond acceptors (Lipinski definition) is 5. The molecule has 0 fully saturated rings. The Labute approximate surface area is 99.1 Å². The molecule has 0 aliphatic rings. The number of nitrogens with one attached hydrogen (secondary N) is 2. The SMILES string of the molecule is CCOC(=O)c1ccc(NS(=O)(=O)NN)cc1. The molecule has 0 unspecified atom stereocenters. The third-order valence-electron chi connectivity index (χ3n) is 1.80. The first-order valence-corrected chi connectivity index (χ1v) is 6.24. The van der Waals surface area contributed by atoms with Crippen molar-refractivity contribution < 1.29 is 17.9 Å². The zero-order valence-electron chi connectivity index (χ0n) is 9.14. The fraction of sp³-hybridized carbons (Fsp3) is 0.222. The second kappa shape index (κ2) is 5.62. The van der Waals surface area contributed by atoms with Gasteiger partial charge in [0.1, 0.15) is 0 Å². The lowest BCUT2D eigenvalue weighted by Crippen LogP contribution is -2.35. The lowest BCUT2D eigenvalue weighted by Gasteiger charge is -2.06. The van der Waals surface area contributed by atoms with Crippen LogP contribution < -0.4 is 15.4 Å². The van der Waals surface area contributed by atoms with Crippen molar-refractivity contribution in [2.45, 2.75) is 6.92 Å². The van der Waals surface area contributed by atoms with E-state index in [1.54, 1.807) is 11.8 Å². The minimum Gasteiger partial charge on any atom is -0.462 e. The number of hydrazine groups is 1. The Kier molecular flexibility index (Phi) is 4.44. The molecule has 94 valence electrons. The molecular formula is C9H13N3O4S. The van der Waals surface area contributed by atoms with Crippen LogP contribution in [0.1, 0.15) is 17.3 Å². The van der Waals surface area contributed by atoms with Gasteiger partial charge in [-0.2, -0.15) is 8.42 Å². The summed E-state index contributed by atoms with van der Waals surface area (Å²) in [6.45, 7) is 1.98. The highest BCUT2D eigenvalue weighted by atomic mass is 32.2. The highest BCUT2D eigenvalue weighted by Crippen LogP contribution is 2.11. The number of carbonyl (C=O) groups excluding carboxylic acids is 1. The van der Waals surface area contributed by atoms with Crippen molar-refractivity contribution in [2.24, 2.45) is 5.84 Å². The number of esters is 1. The van der Waals surface area contributed by atoms with Crippen LogP contribution in [0.2, 0.25) is 0 Å². The normalized spacial score (nSPS) is 10.9. The average molecular weight is 259 g/mol. The monoisotopic (exact) mass is 259 g/mol. The van der Waals surface area contributed by atoms with E-state index in [0.717, 1.165) is 0 Å². The Bertz CT molecular complexity index is 483. The molecule has 0 spiro atoms. The fourth-order valence-corrected chi connectivity index (χ4v) is 1.58. The molecule has 0 saturated carbocycles. The van der Waals surface area contributed by atoms with Gasteiger partial charge in [-0.15, -0.1) is 4.83 Å². The van der Waals surface area contributed by atoms with Crippen LogP contribution in [0.25, 0.3) is 0 Å². The average Bonchev–Trinajstić information content (AvgIpc) is 2.30. The molecule has 7 nitrogen and oxygen atoms in total. The van der Waals surface area contributed by atoms with E-state index in [1.165, 1.54) is 24.3 Å². The molecule has 0 bridgehead atoms. The molecule has 0 aliphatic carbocycles. The molecule has 1 aromatic carbocycles. The van der Waals surface area contributed by atoms with Gasteiger partial charge in [0, 0.05) is 5.69 Å². The van der Waals surface area contributed by atoms with Gasteiger partial charge in [-0.1, -0.05) is 0 Å². The first-order chi connectivity index (χ1) is 7.98. The van der Waals surface area contributed by atoms with Crippen LogP contribution in [0.3, 0.4) is 0 Å². The van der Waals surface area contributed by atoms with Crippen LogP contribution >= 0.6 is 0 Å². The molecule has 8 heteroatoms. The summed E-state index contributed by atoms with van der Waals surface area (Å²) in [6.07, 6.45) is 0. The zero-order valence-corrected chi connectivity index (χ0v) is 9.95. The number of hydrogen-bond donors (Lipinski definition) is 3. The number of carbonyl (C=O) groups is 1. The van der Waals surface area contributed by atoms with E-state index in [0.29, 0.717) is 5.56 Å². The van der Waals surface area contributed by atoms with E-state index in [1.807, 2.05) is 0 Å². The van der Waals surface area contributed by atoms with Crippen LogP contribution in [0.5, 0.6) is 0 Å². The first-order valence-electron chi connectivity index (χ1n) is 4.76. The van der Waals surface area contributed by atoms with Gasteiger partial charge < -0.3 is 4.74 Å². The van der Waals surface area contributed by atoms with Crippen LogP contribution in [0.15, 0.2) is 24.3 Å². The quantitative estimate of drug-likeness (QED) is 0.391. The Balaban J connectivity index is 2.78. The molecular weight excluding hydrogens is 246 g/mol. The number of nitrogens with two attached hydrogens (primary N) is 1. The van der Waals surface area contributed by atoms with Crippen LogP contribution in [-0.4, -0.2) is 21.0 Å². The standard InChI is InChI=1S/C9H13N3O4S/c1-2-16-9(13)7-3-5-8(6-4-7)11-17(14,15)12-10/h3-6,11-12H,2,10H2,1H3. The molecule has 0 amide bonds. The summed E-state index contributed by atoms with van der Waals surface area (Å²) in [5, 5.41) is 0. The summed E-state index contributed by atoms with van der Waals surface area (Å²) in [7, 11) is -3.75. The van der Waals surface area contributed by atoms with Crippen molar-refractivity contribution in [2.75, 3.05) is 11.3 Å². The number of rotatable bonds is 5. The molecule has 0 radical (unpaired) electrons. The van der Waals surface area contributed by atoms with E-state index in [4.69, 9.17) is 10.6 Å². The Morgan fingerprint density at radius 3 is 2.41 bits per heavy atom. The van der Waals surface area contributed by atoms with Gasteiger partial charge in [-0.3, -0.25) is 10.6 Å². The summed E-state index contributed by atoms with van der Waals surface area (Å²) in [6, 6.07) is 5.76. The van der Waals surface area contributed by atoms with Crippen molar-refractivity contribution in [1.29, 1.82) is 0 Å². The first kappa shape index (κ1) is 13.4. The van der Waals surface area contributed by atoms with Crippen molar-refractivity contribution >= 4 is 21.9 Å². The lowest BCUT2D eigenvalue weighted by atomic mass is 10.2. The minimum absolute atomic E-state index is 0.282.